The third-order valence-electron chi connectivity index (χ3n) is 2.84. The molecule has 6 nitrogen and oxygen atoms in total. The Labute approximate surface area is 109 Å². The van der Waals surface area contributed by atoms with Gasteiger partial charge in [0.25, 0.3) is 5.69 Å². The zero-order valence-corrected chi connectivity index (χ0v) is 10.2. The van der Waals surface area contributed by atoms with Crippen molar-refractivity contribution >= 4 is 17.3 Å². The molecule has 0 atom stereocenters. The molecule has 19 heavy (non-hydrogen) atoms. The van der Waals surface area contributed by atoms with E-state index in [4.69, 9.17) is 0 Å². The van der Waals surface area contributed by atoms with Gasteiger partial charge in [-0.05, 0) is 18.9 Å². The average molecular weight is 267 g/mol. The van der Waals surface area contributed by atoms with Crippen LogP contribution in [0.3, 0.4) is 0 Å². The van der Waals surface area contributed by atoms with E-state index >= 15 is 0 Å². The third-order valence-corrected chi connectivity index (χ3v) is 2.84. The van der Waals surface area contributed by atoms with Crippen molar-refractivity contribution in [1.29, 1.82) is 0 Å². The van der Waals surface area contributed by atoms with Crippen molar-refractivity contribution in [1.82, 2.24) is 5.32 Å². The van der Waals surface area contributed by atoms with Crippen LogP contribution in [-0.4, -0.2) is 23.9 Å². The maximum Gasteiger partial charge on any atom is 0.292 e. The minimum atomic E-state index is -0.579. The van der Waals surface area contributed by atoms with E-state index in [0.29, 0.717) is 13.1 Å². The highest BCUT2D eigenvalue weighted by atomic mass is 19.1. The van der Waals surface area contributed by atoms with Gasteiger partial charge in [0.1, 0.15) is 11.5 Å². The molecule has 0 spiro atoms. The molecular formula is C12H14FN3O3. The summed E-state index contributed by atoms with van der Waals surface area (Å²) < 4.78 is 13.0. The van der Waals surface area contributed by atoms with Crippen molar-refractivity contribution in [2.45, 2.75) is 12.8 Å². The fourth-order valence-corrected chi connectivity index (χ4v) is 1.68. The zero-order valence-electron chi connectivity index (χ0n) is 10.2. The molecule has 0 unspecified atom stereocenters. The Bertz CT molecular complexity index is 503. The number of nitrogens with one attached hydrogen (secondary N) is 2. The first-order chi connectivity index (χ1) is 9.08. The van der Waals surface area contributed by atoms with E-state index in [9.17, 15) is 19.3 Å². The van der Waals surface area contributed by atoms with Gasteiger partial charge in [0.15, 0.2) is 0 Å². The topological polar surface area (TPSA) is 84.3 Å². The summed E-state index contributed by atoms with van der Waals surface area (Å²) in [4.78, 5) is 21.5. The lowest BCUT2D eigenvalue weighted by molar-refractivity contribution is -0.384. The quantitative estimate of drug-likeness (QED) is 0.466. The number of nitro groups is 1. The summed E-state index contributed by atoms with van der Waals surface area (Å²) in [6.07, 6.45) is 1.85. The van der Waals surface area contributed by atoms with Crippen LogP contribution < -0.4 is 10.6 Å². The minimum Gasteiger partial charge on any atom is -0.378 e. The number of anilines is 1. The van der Waals surface area contributed by atoms with Crippen molar-refractivity contribution < 1.29 is 14.1 Å². The molecule has 1 saturated carbocycles. The van der Waals surface area contributed by atoms with Gasteiger partial charge < -0.3 is 10.6 Å². The van der Waals surface area contributed by atoms with Gasteiger partial charge in [0.05, 0.1) is 4.92 Å². The molecule has 1 aliphatic carbocycles. The van der Waals surface area contributed by atoms with Crippen LogP contribution >= 0.6 is 0 Å². The number of carbonyl (C=O) groups is 1. The third kappa shape index (κ3) is 3.64. The van der Waals surface area contributed by atoms with E-state index < -0.39 is 10.7 Å². The van der Waals surface area contributed by atoms with E-state index in [1.807, 2.05) is 0 Å². The van der Waals surface area contributed by atoms with Gasteiger partial charge in [-0.25, -0.2) is 4.39 Å². The number of hydrogen-bond acceptors (Lipinski definition) is 4. The molecular weight excluding hydrogens is 253 g/mol. The van der Waals surface area contributed by atoms with Gasteiger partial charge in [0.2, 0.25) is 5.91 Å². The van der Waals surface area contributed by atoms with Crippen LogP contribution in [0, 0.1) is 21.8 Å². The zero-order chi connectivity index (χ0) is 13.8. The van der Waals surface area contributed by atoms with Gasteiger partial charge in [-0.3, -0.25) is 14.9 Å². The highest BCUT2D eigenvalue weighted by Gasteiger charge is 2.29. The van der Waals surface area contributed by atoms with Crippen molar-refractivity contribution in [2.75, 3.05) is 18.4 Å². The van der Waals surface area contributed by atoms with E-state index in [1.165, 1.54) is 0 Å². The fraction of sp³-hybridized carbons (Fsp3) is 0.417. The second-order valence-electron chi connectivity index (χ2n) is 4.41. The summed E-state index contributed by atoms with van der Waals surface area (Å²) in [5.74, 6) is -0.408. The summed E-state index contributed by atoms with van der Waals surface area (Å²) in [7, 11) is 0. The Morgan fingerprint density at radius 1 is 1.42 bits per heavy atom. The smallest absolute Gasteiger partial charge is 0.292 e. The molecule has 0 bridgehead atoms. The van der Waals surface area contributed by atoms with Crippen LogP contribution in [0.2, 0.25) is 0 Å². The molecule has 1 amide bonds. The number of nitro benzene ring substituents is 1. The molecule has 1 fully saturated rings. The monoisotopic (exact) mass is 267 g/mol. The highest BCUT2D eigenvalue weighted by Crippen LogP contribution is 2.28. The first-order valence-corrected chi connectivity index (χ1v) is 6.03. The number of rotatable bonds is 6. The predicted octanol–water partition coefficient (Wildman–Crippen LogP) is 1.67. The molecule has 0 radical (unpaired) electrons. The Balaban J connectivity index is 1.85. The van der Waals surface area contributed by atoms with E-state index in [0.717, 1.165) is 31.0 Å². The molecule has 0 aromatic heterocycles. The van der Waals surface area contributed by atoms with Crippen molar-refractivity contribution in [2.24, 2.45) is 5.92 Å². The number of hydrogen-bond donors (Lipinski definition) is 2. The summed E-state index contributed by atoms with van der Waals surface area (Å²) >= 11 is 0. The molecule has 2 rings (SSSR count). The average Bonchev–Trinajstić information content (AvgIpc) is 3.18. The summed E-state index contributed by atoms with van der Waals surface area (Å²) in [5, 5.41) is 16.2. The Kier molecular flexibility index (Phi) is 3.94. The molecule has 102 valence electrons. The number of amides is 1. The maximum atomic E-state index is 13.0. The van der Waals surface area contributed by atoms with Crippen LogP contribution in [0.15, 0.2) is 18.2 Å². The van der Waals surface area contributed by atoms with Crippen LogP contribution in [0.25, 0.3) is 0 Å². The lowest BCUT2D eigenvalue weighted by Crippen LogP contribution is -2.29. The Hall–Kier alpha value is -2.18. The van der Waals surface area contributed by atoms with Crippen molar-refractivity contribution in [3.63, 3.8) is 0 Å². The highest BCUT2D eigenvalue weighted by molar-refractivity contribution is 5.80. The van der Waals surface area contributed by atoms with E-state index in [2.05, 4.69) is 10.6 Å². The van der Waals surface area contributed by atoms with Gasteiger partial charge in [-0.1, -0.05) is 0 Å². The van der Waals surface area contributed by atoms with Crippen molar-refractivity contribution in [3.8, 4) is 0 Å². The van der Waals surface area contributed by atoms with E-state index in [1.54, 1.807) is 0 Å². The molecule has 0 heterocycles. The predicted molar refractivity (Wildman–Crippen MR) is 67.3 cm³/mol. The fourth-order valence-electron chi connectivity index (χ4n) is 1.68. The van der Waals surface area contributed by atoms with Crippen LogP contribution in [0.4, 0.5) is 15.8 Å². The summed E-state index contributed by atoms with van der Waals surface area (Å²) in [5.41, 5.74) is -0.0689. The molecule has 7 heteroatoms. The first-order valence-electron chi connectivity index (χ1n) is 6.03. The summed E-state index contributed by atoms with van der Waals surface area (Å²) in [6.45, 7) is 0.658. The molecule has 1 aromatic rings. The van der Waals surface area contributed by atoms with Crippen LogP contribution in [0.5, 0.6) is 0 Å². The molecule has 0 saturated heterocycles. The standard InChI is InChI=1S/C12H14FN3O3/c13-9-3-4-11(16(18)19)10(7-9)14-5-6-15-12(17)8-1-2-8/h3-4,7-8,14H,1-2,5-6H2,(H,15,17). The normalized spacial score (nSPS) is 13.9. The number of nitrogens with zero attached hydrogens (tertiary/aromatic N) is 1. The summed E-state index contributed by atoms with van der Waals surface area (Å²) in [6, 6.07) is 3.22. The molecule has 0 aliphatic heterocycles. The number of benzene rings is 1. The Morgan fingerprint density at radius 2 is 2.16 bits per heavy atom. The minimum absolute atomic E-state index is 0.00976. The largest absolute Gasteiger partial charge is 0.378 e. The molecule has 1 aliphatic rings. The number of carbonyl (C=O) groups excluding carboxylic acids is 1. The lowest BCUT2D eigenvalue weighted by Gasteiger charge is -2.08. The van der Waals surface area contributed by atoms with Crippen LogP contribution in [-0.2, 0) is 4.79 Å². The number of halogens is 1. The van der Waals surface area contributed by atoms with Gasteiger partial charge in [-0.15, -0.1) is 0 Å². The second kappa shape index (κ2) is 5.64. The van der Waals surface area contributed by atoms with Gasteiger partial charge in [0, 0.05) is 31.1 Å². The van der Waals surface area contributed by atoms with Gasteiger partial charge >= 0.3 is 0 Å². The van der Waals surface area contributed by atoms with Gasteiger partial charge in [-0.2, -0.15) is 0 Å². The lowest BCUT2D eigenvalue weighted by atomic mass is 10.2. The second-order valence-corrected chi connectivity index (χ2v) is 4.41. The SMILES string of the molecule is O=C(NCCNc1cc(F)ccc1[N+](=O)[O-])C1CC1. The first kappa shape index (κ1) is 13.3. The maximum absolute atomic E-state index is 13.0. The van der Waals surface area contributed by atoms with Crippen molar-refractivity contribution in [3.05, 3.63) is 34.1 Å². The molecule has 1 aromatic carbocycles. The Morgan fingerprint density at radius 3 is 2.79 bits per heavy atom. The van der Waals surface area contributed by atoms with Crippen LogP contribution in [0.1, 0.15) is 12.8 Å². The molecule has 2 N–H and O–H groups in total. The van der Waals surface area contributed by atoms with E-state index in [-0.39, 0.29) is 23.2 Å².